The Labute approximate surface area is 133 Å². The number of carbonyl (C=O) groups excluding carboxylic acids is 1. The fourth-order valence-corrected chi connectivity index (χ4v) is 2.73. The number of hydrogen-bond acceptors (Lipinski definition) is 4. The molecule has 1 fully saturated rings. The van der Waals surface area contributed by atoms with Gasteiger partial charge < -0.3 is 9.14 Å². The van der Waals surface area contributed by atoms with Crippen LogP contribution < -0.4 is 0 Å². The Morgan fingerprint density at radius 3 is 3.04 bits per heavy atom. The SMILES string of the molecule is CCOC(=O)c1cnn(Cc2cn3ccc(C4CC4)cc3n2)c1. The number of hydrogen-bond donors (Lipinski definition) is 0. The van der Waals surface area contributed by atoms with Crippen molar-refractivity contribution in [3.63, 3.8) is 0 Å². The van der Waals surface area contributed by atoms with Crippen molar-refractivity contribution in [1.82, 2.24) is 19.2 Å². The highest BCUT2D eigenvalue weighted by molar-refractivity contribution is 5.88. The van der Waals surface area contributed by atoms with Crippen molar-refractivity contribution in [2.45, 2.75) is 32.2 Å². The van der Waals surface area contributed by atoms with E-state index in [1.54, 1.807) is 17.8 Å². The molecule has 0 radical (unpaired) electrons. The summed E-state index contributed by atoms with van der Waals surface area (Å²) >= 11 is 0. The zero-order valence-corrected chi connectivity index (χ0v) is 13.0. The highest BCUT2D eigenvalue weighted by Gasteiger charge is 2.23. The van der Waals surface area contributed by atoms with Gasteiger partial charge in [0, 0.05) is 18.6 Å². The van der Waals surface area contributed by atoms with Crippen molar-refractivity contribution in [3.05, 3.63) is 53.7 Å². The van der Waals surface area contributed by atoms with Gasteiger partial charge in [-0.05, 0) is 43.4 Å². The molecule has 0 N–H and O–H groups in total. The van der Waals surface area contributed by atoms with Crippen LogP contribution in [-0.4, -0.2) is 31.7 Å². The third-order valence-corrected chi connectivity index (χ3v) is 4.05. The van der Waals surface area contributed by atoms with E-state index in [1.807, 2.05) is 10.6 Å². The van der Waals surface area contributed by atoms with E-state index < -0.39 is 0 Å². The van der Waals surface area contributed by atoms with Crippen LogP contribution in [0.25, 0.3) is 5.65 Å². The molecule has 6 nitrogen and oxygen atoms in total. The highest BCUT2D eigenvalue weighted by Crippen LogP contribution is 2.40. The summed E-state index contributed by atoms with van der Waals surface area (Å²) in [5, 5.41) is 4.21. The van der Waals surface area contributed by atoms with Crippen molar-refractivity contribution in [2.24, 2.45) is 0 Å². The van der Waals surface area contributed by atoms with E-state index in [9.17, 15) is 4.79 Å². The molecule has 3 aromatic heterocycles. The quantitative estimate of drug-likeness (QED) is 0.680. The lowest BCUT2D eigenvalue weighted by Gasteiger charge is -1.97. The Kier molecular flexibility index (Phi) is 3.37. The van der Waals surface area contributed by atoms with E-state index in [2.05, 4.69) is 28.4 Å². The molecule has 3 heterocycles. The summed E-state index contributed by atoms with van der Waals surface area (Å²) < 4.78 is 8.70. The number of carbonyl (C=O) groups is 1. The average Bonchev–Trinajstić information content (AvgIpc) is 3.15. The molecule has 1 aliphatic rings. The zero-order valence-electron chi connectivity index (χ0n) is 13.0. The molecule has 6 heteroatoms. The Morgan fingerprint density at radius 1 is 1.39 bits per heavy atom. The van der Waals surface area contributed by atoms with Crippen LogP contribution in [0, 0.1) is 0 Å². The van der Waals surface area contributed by atoms with Crippen molar-refractivity contribution in [3.8, 4) is 0 Å². The molecule has 0 unspecified atom stereocenters. The normalized spacial score (nSPS) is 14.3. The molecule has 0 bridgehead atoms. The fraction of sp³-hybridized carbons (Fsp3) is 0.353. The predicted octanol–water partition coefficient (Wildman–Crippen LogP) is 2.63. The van der Waals surface area contributed by atoms with Gasteiger partial charge in [0.05, 0.1) is 30.6 Å². The van der Waals surface area contributed by atoms with Crippen LogP contribution >= 0.6 is 0 Å². The van der Waals surface area contributed by atoms with E-state index in [0.717, 1.165) is 17.3 Å². The standard InChI is InChI=1S/C17H18N4O2/c1-2-23-17(22)14-8-18-21(9-14)11-15-10-20-6-5-13(12-3-4-12)7-16(20)19-15/h5-10,12H,2-4,11H2,1H3. The molecule has 0 amide bonds. The Hall–Kier alpha value is -2.63. The van der Waals surface area contributed by atoms with Crippen LogP contribution in [0.3, 0.4) is 0 Å². The smallest absolute Gasteiger partial charge is 0.341 e. The van der Waals surface area contributed by atoms with Gasteiger partial charge in [-0.15, -0.1) is 0 Å². The fourth-order valence-electron chi connectivity index (χ4n) is 2.73. The number of rotatable bonds is 5. The van der Waals surface area contributed by atoms with Crippen LogP contribution in [0.4, 0.5) is 0 Å². The number of pyridine rings is 1. The van der Waals surface area contributed by atoms with Crippen LogP contribution in [0.1, 0.15) is 47.3 Å². The largest absolute Gasteiger partial charge is 0.462 e. The van der Waals surface area contributed by atoms with Crippen molar-refractivity contribution in [2.75, 3.05) is 6.61 Å². The average molecular weight is 310 g/mol. The third kappa shape index (κ3) is 2.84. The molecular formula is C17H18N4O2. The summed E-state index contributed by atoms with van der Waals surface area (Å²) in [6, 6.07) is 4.33. The first-order valence-electron chi connectivity index (χ1n) is 7.90. The lowest BCUT2D eigenvalue weighted by molar-refractivity contribution is 0.0526. The predicted molar refractivity (Wildman–Crippen MR) is 84.5 cm³/mol. The molecule has 0 aromatic carbocycles. The molecule has 118 valence electrons. The summed E-state index contributed by atoms with van der Waals surface area (Å²) in [4.78, 5) is 16.3. The number of fused-ring (bicyclic) bond motifs is 1. The van der Waals surface area contributed by atoms with E-state index >= 15 is 0 Å². The Morgan fingerprint density at radius 2 is 2.26 bits per heavy atom. The highest BCUT2D eigenvalue weighted by atomic mass is 16.5. The molecule has 4 rings (SSSR count). The van der Waals surface area contributed by atoms with Gasteiger partial charge in [0.1, 0.15) is 5.65 Å². The van der Waals surface area contributed by atoms with Gasteiger partial charge in [0.2, 0.25) is 0 Å². The number of esters is 1. The maximum atomic E-state index is 11.7. The molecule has 23 heavy (non-hydrogen) atoms. The lowest BCUT2D eigenvalue weighted by Crippen LogP contribution is -2.04. The molecule has 3 aromatic rings. The van der Waals surface area contributed by atoms with Crippen molar-refractivity contribution < 1.29 is 9.53 Å². The van der Waals surface area contributed by atoms with Gasteiger partial charge in [-0.25, -0.2) is 9.78 Å². The number of nitrogens with zero attached hydrogens (tertiary/aromatic N) is 4. The van der Waals surface area contributed by atoms with Crippen molar-refractivity contribution in [1.29, 1.82) is 0 Å². The monoisotopic (exact) mass is 310 g/mol. The van der Waals surface area contributed by atoms with E-state index in [-0.39, 0.29) is 5.97 Å². The lowest BCUT2D eigenvalue weighted by atomic mass is 10.2. The number of ether oxygens (including phenoxy) is 1. The van der Waals surface area contributed by atoms with Gasteiger partial charge in [0.25, 0.3) is 0 Å². The molecule has 0 aliphatic heterocycles. The van der Waals surface area contributed by atoms with Gasteiger partial charge in [-0.3, -0.25) is 4.68 Å². The minimum atomic E-state index is -0.345. The molecule has 1 saturated carbocycles. The Bertz CT molecular complexity index is 860. The van der Waals surface area contributed by atoms with Crippen molar-refractivity contribution >= 4 is 11.6 Å². The van der Waals surface area contributed by atoms with E-state index in [4.69, 9.17) is 4.74 Å². The van der Waals surface area contributed by atoms with Crippen LogP contribution in [-0.2, 0) is 11.3 Å². The second-order valence-electron chi connectivity index (χ2n) is 5.88. The second kappa shape index (κ2) is 5.53. The second-order valence-corrected chi connectivity index (χ2v) is 5.88. The first-order valence-corrected chi connectivity index (χ1v) is 7.90. The van der Waals surface area contributed by atoms with Gasteiger partial charge >= 0.3 is 5.97 Å². The summed E-state index contributed by atoms with van der Waals surface area (Å²) in [5.74, 6) is 0.376. The van der Waals surface area contributed by atoms with Crippen LogP contribution in [0.15, 0.2) is 36.9 Å². The Balaban J connectivity index is 1.54. The minimum absolute atomic E-state index is 0.345. The number of aromatic nitrogens is 4. The number of imidazole rings is 1. The summed E-state index contributed by atoms with van der Waals surface area (Å²) in [6.07, 6.45) is 9.85. The summed E-state index contributed by atoms with van der Waals surface area (Å²) in [5.41, 5.74) is 3.71. The topological polar surface area (TPSA) is 61.4 Å². The molecular weight excluding hydrogens is 292 g/mol. The first kappa shape index (κ1) is 14.0. The summed E-state index contributed by atoms with van der Waals surface area (Å²) in [6.45, 7) is 2.68. The van der Waals surface area contributed by atoms with Crippen LogP contribution in [0.5, 0.6) is 0 Å². The maximum absolute atomic E-state index is 11.7. The first-order chi connectivity index (χ1) is 11.2. The van der Waals surface area contributed by atoms with Gasteiger partial charge in [-0.1, -0.05) is 0 Å². The summed E-state index contributed by atoms with van der Waals surface area (Å²) in [7, 11) is 0. The molecule has 0 saturated heterocycles. The molecule has 1 aliphatic carbocycles. The van der Waals surface area contributed by atoms with E-state index in [0.29, 0.717) is 18.7 Å². The van der Waals surface area contributed by atoms with Gasteiger partial charge in [0.15, 0.2) is 0 Å². The zero-order chi connectivity index (χ0) is 15.8. The minimum Gasteiger partial charge on any atom is -0.462 e. The third-order valence-electron chi connectivity index (χ3n) is 4.05. The van der Waals surface area contributed by atoms with E-state index in [1.165, 1.54) is 24.6 Å². The molecule has 0 spiro atoms. The maximum Gasteiger partial charge on any atom is 0.341 e. The molecule has 0 atom stereocenters. The van der Waals surface area contributed by atoms with Crippen LogP contribution in [0.2, 0.25) is 0 Å². The van der Waals surface area contributed by atoms with Gasteiger partial charge in [-0.2, -0.15) is 5.10 Å².